The van der Waals surface area contributed by atoms with Crippen LogP contribution in [-0.2, 0) is 0 Å². The van der Waals surface area contributed by atoms with Crippen molar-refractivity contribution in [3.05, 3.63) is 46.1 Å². The summed E-state index contributed by atoms with van der Waals surface area (Å²) in [5.41, 5.74) is 0.899. The number of anilines is 2. The molecule has 0 unspecified atom stereocenters. The monoisotopic (exact) mass is 379 g/mol. The number of hydrogen-bond acceptors (Lipinski definition) is 5. The Balaban J connectivity index is 1.67. The third-order valence-corrected chi connectivity index (χ3v) is 4.84. The molecule has 1 aromatic heterocycles. The van der Waals surface area contributed by atoms with Crippen LogP contribution in [0.1, 0.15) is 17.4 Å². The lowest BCUT2D eigenvalue weighted by Gasteiger charge is -2.33. The van der Waals surface area contributed by atoms with Crippen molar-refractivity contribution in [2.45, 2.75) is 6.92 Å². The van der Waals surface area contributed by atoms with E-state index in [9.17, 15) is 4.79 Å². The molecule has 1 aliphatic heterocycles. The summed E-state index contributed by atoms with van der Waals surface area (Å²) in [6, 6.07) is 8.59. The SMILES string of the molecule is CCN1CCN(C(=O)c2ccc(Nc3c(Cl)cccc3Cl)nn2)CC1. The van der Waals surface area contributed by atoms with Crippen molar-refractivity contribution in [1.82, 2.24) is 20.0 Å². The second-order valence-corrected chi connectivity index (χ2v) is 6.57. The molecule has 6 nitrogen and oxygen atoms in total. The van der Waals surface area contributed by atoms with Crippen LogP contribution in [0, 0.1) is 0 Å². The summed E-state index contributed by atoms with van der Waals surface area (Å²) in [6.45, 7) is 6.33. The average molecular weight is 380 g/mol. The van der Waals surface area contributed by atoms with E-state index in [2.05, 4.69) is 27.3 Å². The fraction of sp³-hybridized carbons (Fsp3) is 0.353. The number of likely N-dealkylation sites (N-methyl/N-ethyl adjacent to an activating group) is 1. The molecule has 3 rings (SSSR count). The molecular formula is C17H19Cl2N5O. The molecule has 1 N–H and O–H groups in total. The zero-order valence-electron chi connectivity index (χ0n) is 13.9. The van der Waals surface area contributed by atoms with E-state index in [1.54, 1.807) is 30.3 Å². The lowest BCUT2D eigenvalue weighted by Crippen LogP contribution is -2.48. The Labute approximate surface area is 156 Å². The van der Waals surface area contributed by atoms with Crippen LogP contribution in [0.2, 0.25) is 10.0 Å². The summed E-state index contributed by atoms with van der Waals surface area (Å²) in [5, 5.41) is 12.1. The Morgan fingerprint density at radius 2 is 1.76 bits per heavy atom. The summed E-state index contributed by atoms with van der Waals surface area (Å²) < 4.78 is 0. The van der Waals surface area contributed by atoms with Gasteiger partial charge >= 0.3 is 0 Å². The van der Waals surface area contributed by atoms with Crippen molar-refractivity contribution >= 4 is 40.6 Å². The lowest BCUT2D eigenvalue weighted by molar-refractivity contribution is 0.0636. The van der Waals surface area contributed by atoms with E-state index < -0.39 is 0 Å². The average Bonchev–Trinajstić information content (AvgIpc) is 2.65. The molecule has 2 heterocycles. The maximum absolute atomic E-state index is 12.5. The van der Waals surface area contributed by atoms with Gasteiger partial charge in [0.15, 0.2) is 11.5 Å². The maximum Gasteiger partial charge on any atom is 0.274 e. The Morgan fingerprint density at radius 3 is 2.32 bits per heavy atom. The second kappa shape index (κ2) is 7.99. The topological polar surface area (TPSA) is 61.4 Å². The standard InChI is InChI=1S/C17H19Cl2N5O/c1-2-23-8-10-24(11-9-23)17(25)14-6-7-15(22-21-14)20-16-12(18)4-3-5-13(16)19/h3-7H,2,8-11H2,1H3,(H,20,22). The third-order valence-electron chi connectivity index (χ3n) is 4.21. The van der Waals surface area contributed by atoms with Gasteiger partial charge in [-0.15, -0.1) is 10.2 Å². The van der Waals surface area contributed by atoms with Crippen molar-refractivity contribution in [3.8, 4) is 0 Å². The number of carbonyl (C=O) groups excluding carboxylic acids is 1. The van der Waals surface area contributed by atoms with Crippen LogP contribution in [0.15, 0.2) is 30.3 Å². The summed E-state index contributed by atoms with van der Waals surface area (Å²) in [5.74, 6) is 0.382. The fourth-order valence-electron chi connectivity index (χ4n) is 2.69. The first kappa shape index (κ1) is 17.9. The van der Waals surface area contributed by atoms with Crippen molar-refractivity contribution in [1.29, 1.82) is 0 Å². The van der Waals surface area contributed by atoms with Crippen LogP contribution in [0.4, 0.5) is 11.5 Å². The van der Waals surface area contributed by atoms with Crippen molar-refractivity contribution in [3.63, 3.8) is 0 Å². The number of hydrogen-bond donors (Lipinski definition) is 1. The Hall–Kier alpha value is -1.89. The van der Waals surface area contributed by atoms with Crippen LogP contribution in [-0.4, -0.2) is 58.6 Å². The van der Waals surface area contributed by atoms with Gasteiger partial charge in [0.25, 0.3) is 5.91 Å². The van der Waals surface area contributed by atoms with Crippen LogP contribution in [0.3, 0.4) is 0 Å². The summed E-state index contributed by atoms with van der Waals surface area (Å²) in [4.78, 5) is 16.6. The second-order valence-electron chi connectivity index (χ2n) is 5.75. The number of amides is 1. The molecule has 0 spiro atoms. The van der Waals surface area contributed by atoms with E-state index in [0.717, 1.165) is 19.6 Å². The number of aromatic nitrogens is 2. The van der Waals surface area contributed by atoms with Gasteiger partial charge in [-0.05, 0) is 30.8 Å². The molecule has 0 radical (unpaired) electrons. The molecule has 132 valence electrons. The number of nitrogens with one attached hydrogen (secondary N) is 1. The molecular weight excluding hydrogens is 361 g/mol. The molecule has 8 heteroatoms. The smallest absolute Gasteiger partial charge is 0.274 e. The van der Waals surface area contributed by atoms with E-state index in [0.29, 0.717) is 40.3 Å². The fourth-order valence-corrected chi connectivity index (χ4v) is 3.18. The Morgan fingerprint density at radius 1 is 1.08 bits per heavy atom. The van der Waals surface area contributed by atoms with Gasteiger partial charge in [0.1, 0.15) is 0 Å². The van der Waals surface area contributed by atoms with Crippen LogP contribution < -0.4 is 5.32 Å². The molecule has 2 aromatic rings. The highest BCUT2D eigenvalue weighted by molar-refractivity contribution is 6.39. The molecule has 1 amide bonds. The van der Waals surface area contributed by atoms with Gasteiger partial charge in [-0.2, -0.15) is 0 Å². The zero-order valence-corrected chi connectivity index (χ0v) is 15.4. The minimum Gasteiger partial charge on any atom is -0.336 e. The number of piperazine rings is 1. The van der Waals surface area contributed by atoms with Gasteiger partial charge in [-0.1, -0.05) is 36.2 Å². The van der Waals surface area contributed by atoms with Gasteiger partial charge in [0.05, 0.1) is 15.7 Å². The van der Waals surface area contributed by atoms with E-state index in [1.165, 1.54) is 0 Å². The molecule has 0 atom stereocenters. The summed E-state index contributed by atoms with van der Waals surface area (Å²) >= 11 is 12.3. The molecule has 1 aromatic carbocycles. The minimum atomic E-state index is -0.0921. The molecule has 0 bridgehead atoms. The van der Waals surface area contributed by atoms with Gasteiger partial charge in [-0.25, -0.2) is 0 Å². The summed E-state index contributed by atoms with van der Waals surface area (Å²) in [6.07, 6.45) is 0. The highest BCUT2D eigenvalue weighted by Crippen LogP contribution is 2.31. The maximum atomic E-state index is 12.5. The van der Waals surface area contributed by atoms with Crippen LogP contribution in [0.5, 0.6) is 0 Å². The van der Waals surface area contributed by atoms with Gasteiger partial charge < -0.3 is 15.1 Å². The normalized spacial score (nSPS) is 15.2. The first-order valence-corrected chi connectivity index (χ1v) is 8.90. The highest BCUT2D eigenvalue weighted by atomic mass is 35.5. The first-order valence-electron chi connectivity index (χ1n) is 8.15. The quantitative estimate of drug-likeness (QED) is 0.882. The number of nitrogens with zero attached hydrogens (tertiary/aromatic N) is 4. The van der Waals surface area contributed by atoms with E-state index in [1.807, 2.05) is 4.90 Å². The largest absolute Gasteiger partial charge is 0.336 e. The van der Waals surface area contributed by atoms with Gasteiger partial charge in [0.2, 0.25) is 0 Å². The van der Waals surface area contributed by atoms with Crippen LogP contribution >= 0.6 is 23.2 Å². The van der Waals surface area contributed by atoms with Crippen molar-refractivity contribution in [2.24, 2.45) is 0 Å². The molecule has 0 saturated carbocycles. The highest BCUT2D eigenvalue weighted by Gasteiger charge is 2.22. The van der Waals surface area contributed by atoms with E-state index in [-0.39, 0.29) is 5.91 Å². The molecule has 1 fully saturated rings. The molecule has 1 aliphatic rings. The molecule has 0 aliphatic carbocycles. The van der Waals surface area contributed by atoms with Crippen molar-refractivity contribution < 1.29 is 4.79 Å². The lowest BCUT2D eigenvalue weighted by atomic mass is 10.2. The van der Waals surface area contributed by atoms with E-state index in [4.69, 9.17) is 23.2 Å². The number of benzene rings is 1. The predicted molar refractivity (Wildman–Crippen MR) is 99.8 cm³/mol. The Kier molecular flexibility index (Phi) is 5.73. The predicted octanol–water partition coefficient (Wildman–Crippen LogP) is 3.30. The minimum absolute atomic E-state index is 0.0921. The summed E-state index contributed by atoms with van der Waals surface area (Å²) in [7, 11) is 0. The van der Waals surface area contributed by atoms with Crippen LogP contribution in [0.25, 0.3) is 0 Å². The first-order chi connectivity index (χ1) is 12.1. The molecule has 25 heavy (non-hydrogen) atoms. The van der Waals surface area contributed by atoms with Crippen molar-refractivity contribution in [2.75, 3.05) is 38.0 Å². The zero-order chi connectivity index (χ0) is 17.8. The van der Waals surface area contributed by atoms with E-state index >= 15 is 0 Å². The number of carbonyl (C=O) groups is 1. The molecule has 1 saturated heterocycles. The van der Waals surface area contributed by atoms with Gasteiger partial charge in [-0.3, -0.25) is 4.79 Å². The number of para-hydroxylation sites is 1. The Bertz CT molecular complexity index is 725. The number of rotatable bonds is 4. The third kappa shape index (κ3) is 4.21. The number of halogens is 2. The van der Waals surface area contributed by atoms with Gasteiger partial charge in [0, 0.05) is 26.2 Å².